The first-order valence-electron chi connectivity index (χ1n) is 12.6. The highest BCUT2D eigenvalue weighted by Crippen LogP contribution is 2.22. The Bertz CT molecular complexity index is 1000. The molecule has 0 amide bonds. The Morgan fingerprint density at radius 3 is 2.09 bits per heavy atom. The molecule has 34 heavy (non-hydrogen) atoms. The van der Waals surface area contributed by atoms with E-state index in [4.69, 9.17) is 4.74 Å². The Balaban J connectivity index is 1.46. The molecule has 1 atom stereocenters. The van der Waals surface area contributed by atoms with Gasteiger partial charge in [0.25, 0.3) is 0 Å². The second kappa shape index (κ2) is 14.3. The van der Waals surface area contributed by atoms with Crippen molar-refractivity contribution in [3.05, 3.63) is 90.5 Å². The van der Waals surface area contributed by atoms with Crippen LogP contribution in [0.2, 0.25) is 0 Å². The van der Waals surface area contributed by atoms with Crippen LogP contribution in [0.15, 0.2) is 79.4 Å². The second-order valence-electron chi connectivity index (χ2n) is 8.84. The molecule has 1 unspecified atom stereocenters. The van der Waals surface area contributed by atoms with Crippen LogP contribution in [0.1, 0.15) is 63.5 Å². The van der Waals surface area contributed by atoms with Gasteiger partial charge in [-0.2, -0.15) is 0 Å². The van der Waals surface area contributed by atoms with Gasteiger partial charge in [-0.3, -0.25) is 0 Å². The molecule has 2 aromatic carbocycles. The fourth-order valence-electron chi connectivity index (χ4n) is 3.85. The molecule has 1 aromatic heterocycles. The number of hydrogen-bond acceptors (Lipinski definition) is 3. The molecular weight excluding hydrogens is 416 g/mol. The molecule has 0 saturated heterocycles. The first-order valence-corrected chi connectivity index (χ1v) is 12.6. The second-order valence-corrected chi connectivity index (χ2v) is 8.84. The summed E-state index contributed by atoms with van der Waals surface area (Å²) >= 11 is 0. The van der Waals surface area contributed by atoms with Gasteiger partial charge in [0.15, 0.2) is 0 Å². The van der Waals surface area contributed by atoms with Gasteiger partial charge in [0, 0.05) is 17.7 Å². The normalized spacial score (nSPS) is 12.2. The van der Waals surface area contributed by atoms with Crippen LogP contribution in [0.4, 0.5) is 0 Å². The molecule has 0 aliphatic heterocycles. The third-order valence-corrected chi connectivity index (χ3v) is 5.94. The maximum atomic E-state index is 5.87. The lowest BCUT2D eigenvalue weighted by Gasteiger charge is -2.11. The maximum Gasteiger partial charge on any atom is 0.0930 e. The van der Waals surface area contributed by atoms with E-state index in [1.54, 1.807) is 0 Å². The molecule has 3 aromatic rings. The lowest BCUT2D eigenvalue weighted by Crippen LogP contribution is -2.08. The van der Waals surface area contributed by atoms with E-state index < -0.39 is 0 Å². The molecule has 3 rings (SSSR count). The minimum Gasteiger partial charge on any atom is -0.379 e. The van der Waals surface area contributed by atoms with Crippen LogP contribution in [0.3, 0.4) is 0 Å². The van der Waals surface area contributed by atoms with Crippen molar-refractivity contribution in [2.24, 2.45) is 0 Å². The third kappa shape index (κ3) is 8.39. The number of allylic oxidation sites excluding steroid dienone is 2. The monoisotopic (exact) mass is 454 g/mol. The molecule has 0 bridgehead atoms. The number of benzene rings is 2. The van der Waals surface area contributed by atoms with Gasteiger partial charge >= 0.3 is 0 Å². The van der Waals surface area contributed by atoms with Gasteiger partial charge in [0.2, 0.25) is 0 Å². The van der Waals surface area contributed by atoms with Crippen molar-refractivity contribution < 1.29 is 4.74 Å². The predicted molar refractivity (Wildman–Crippen MR) is 145 cm³/mol. The fraction of sp³-hybridized carbons (Fsp3) is 0.355. The Kier molecular flexibility index (Phi) is 10.7. The van der Waals surface area contributed by atoms with E-state index in [9.17, 15) is 0 Å². The average Bonchev–Trinajstić information content (AvgIpc) is 2.88. The number of aromatic nitrogens is 2. The molecular formula is C31H38N2O. The van der Waals surface area contributed by atoms with E-state index in [1.807, 2.05) is 18.2 Å². The van der Waals surface area contributed by atoms with Crippen LogP contribution in [0.25, 0.3) is 28.6 Å². The summed E-state index contributed by atoms with van der Waals surface area (Å²) < 4.78 is 5.87. The van der Waals surface area contributed by atoms with E-state index in [0.717, 1.165) is 54.8 Å². The minimum atomic E-state index is 0.355. The zero-order valence-corrected chi connectivity index (χ0v) is 20.7. The maximum absolute atomic E-state index is 5.87. The molecule has 0 spiro atoms. The quantitative estimate of drug-likeness (QED) is 0.181. The van der Waals surface area contributed by atoms with E-state index in [0.29, 0.717) is 6.10 Å². The van der Waals surface area contributed by atoms with Crippen LogP contribution in [-0.4, -0.2) is 22.9 Å². The molecule has 3 heteroatoms. The van der Waals surface area contributed by atoms with Crippen molar-refractivity contribution in [2.45, 2.75) is 64.9 Å². The topological polar surface area (TPSA) is 35.0 Å². The summed E-state index contributed by atoms with van der Waals surface area (Å²) in [6.07, 6.45) is 14.6. The Hall–Kier alpha value is -3.04. The minimum absolute atomic E-state index is 0.355. The predicted octanol–water partition coefficient (Wildman–Crippen LogP) is 8.32. The van der Waals surface area contributed by atoms with Gasteiger partial charge in [-0.05, 0) is 62.3 Å². The largest absolute Gasteiger partial charge is 0.379 e. The fourth-order valence-corrected chi connectivity index (χ4v) is 3.85. The van der Waals surface area contributed by atoms with Crippen LogP contribution in [0.5, 0.6) is 0 Å². The summed E-state index contributed by atoms with van der Waals surface area (Å²) in [5.74, 6) is 0. The molecule has 0 fully saturated rings. The Morgan fingerprint density at radius 1 is 0.853 bits per heavy atom. The first-order chi connectivity index (χ1) is 16.7. The van der Waals surface area contributed by atoms with E-state index in [1.165, 1.54) is 30.4 Å². The van der Waals surface area contributed by atoms with Crippen molar-refractivity contribution in [2.75, 3.05) is 6.61 Å². The molecule has 0 radical (unpaired) electrons. The lowest BCUT2D eigenvalue weighted by atomic mass is 10.1. The summed E-state index contributed by atoms with van der Waals surface area (Å²) in [5, 5.41) is 8.89. The Labute approximate surface area is 205 Å². The number of hydrogen-bond donors (Lipinski definition) is 0. The number of ether oxygens (including phenoxy) is 1. The molecule has 0 aliphatic carbocycles. The summed E-state index contributed by atoms with van der Waals surface area (Å²) in [6, 6.07) is 21.0. The molecule has 0 N–H and O–H groups in total. The van der Waals surface area contributed by atoms with Crippen molar-refractivity contribution >= 4 is 6.08 Å². The lowest BCUT2D eigenvalue weighted by molar-refractivity contribution is 0.0566. The highest BCUT2D eigenvalue weighted by atomic mass is 16.5. The van der Waals surface area contributed by atoms with Gasteiger partial charge in [-0.1, -0.05) is 86.5 Å². The van der Waals surface area contributed by atoms with Crippen molar-refractivity contribution in [3.8, 4) is 22.5 Å². The van der Waals surface area contributed by atoms with Gasteiger partial charge in [-0.15, -0.1) is 16.8 Å². The first kappa shape index (κ1) is 25.6. The molecule has 0 saturated carbocycles. The Morgan fingerprint density at radius 2 is 1.50 bits per heavy atom. The standard InChI is InChI=1S/C31H38N2O/c1-4-6-10-24-34-25(3)12-8-7-9-13-27-16-20-29(21-17-27)31-23-22-30(32-33-31)28-18-14-26(11-5-2)15-19-28/h5,9,13-23,25H,2,4,6-8,10-12,24H2,1,3H3. The number of rotatable bonds is 14. The van der Waals surface area contributed by atoms with Gasteiger partial charge in [0.05, 0.1) is 17.5 Å². The van der Waals surface area contributed by atoms with Gasteiger partial charge in [-0.25, -0.2) is 0 Å². The van der Waals surface area contributed by atoms with E-state index in [2.05, 4.69) is 91.3 Å². The van der Waals surface area contributed by atoms with Crippen LogP contribution < -0.4 is 0 Å². The molecule has 0 aliphatic rings. The van der Waals surface area contributed by atoms with E-state index in [-0.39, 0.29) is 0 Å². The summed E-state index contributed by atoms with van der Waals surface area (Å²) in [6.45, 7) is 9.09. The highest BCUT2D eigenvalue weighted by Gasteiger charge is 2.04. The highest BCUT2D eigenvalue weighted by molar-refractivity contribution is 5.65. The smallest absolute Gasteiger partial charge is 0.0930 e. The van der Waals surface area contributed by atoms with Crippen molar-refractivity contribution in [1.29, 1.82) is 0 Å². The zero-order chi connectivity index (χ0) is 24.0. The molecule has 178 valence electrons. The van der Waals surface area contributed by atoms with Crippen LogP contribution in [0, 0.1) is 0 Å². The summed E-state index contributed by atoms with van der Waals surface area (Å²) in [5.41, 5.74) is 6.37. The van der Waals surface area contributed by atoms with E-state index >= 15 is 0 Å². The summed E-state index contributed by atoms with van der Waals surface area (Å²) in [7, 11) is 0. The van der Waals surface area contributed by atoms with Gasteiger partial charge in [0.1, 0.15) is 0 Å². The molecule has 1 heterocycles. The average molecular weight is 455 g/mol. The zero-order valence-electron chi connectivity index (χ0n) is 20.7. The van der Waals surface area contributed by atoms with Crippen molar-refractivity contribution in [1.82, 2.24) is 10.2 Å². The number of nitrogens with zero attached hydrogens (tertiary/aromatic N) is 2. The SMILES string of the molecule is C=CCc1ccc(-c2ccc(-c3ccc(C=CCCCC(C)OCCCCC)cc3)nn2)cc1. The van der Waals surface area contributed by atoms with Crippen molar-refractivity contribution in [3.63, 3.8) is 0 Å². The summed E-state index contributed by atoms with van der Waals surface area (Å²) in [4.78, 5) is 0. The number of unbranched alkanes of at least 4 members (excludes halogenated alkanes) is 3. The van der Waals surface area contributed by atoms with Crippen LogP contribution in [-0.2, 0) is 11.2 Å². The third-order valence-electron chi connectivity index (χ3n) is 5.94. The molecule has 3 nitrogen and oxygen atoms in total. The van der Waals surface area contributed by atoms with Gasteiger partial charge < -0.3 is 4.74 Å². The van der Waals surface area contributed by atoms with Crippen LogP contribution >= 0.6 is 0 Å².